The van der Waals surface area contributed by atoms with Crippen LogP contribution in [-0.2, 0) is 6.42 Å². The molecule has 1 saturated heterocycles. The Kier molecular flexibility index (Phi) is 9.08. The first kappa shape index (κ1) is 30.5. The Morgan fingerprint density at radius 1 is 0.932 bits per heavy atom. The standard InChI is InChI=1S/C34H31F3N2O5/c1-22-7-5-12-30(31(22)24-13-15-27(16-14-24)44-34(35,36)37)32(40)38-25-10-6-11-28(20-25)43-29-17-18-39(33(41)42)26(21-29)19-23-8-3-2-4-9-23/h2-16,20,26,29H,17-19,21H2,1H3,(H,38,40)(H,41,42). The summed E-state index contributed by atoms with van der Waals surface area (Å²) in [6.45, 7) is 2.18. The number of piperidine rings is 1. The summed E-state index contributed by atoms with van der Waals surface area (Å²) >= 11 is 0. The number of benzene rings is 4. The zero-order valence-electron chi connectivity index (χ0n) is 23.9. The van der Waals surface area contributed by atoms with E-state index in [-0.39, 0.29) is 17.9 Å². The maximum absolute atomic E-state index is 13.4. The molecule has 7 nitrogen and oxygen atoms in total. The fraction of sp³-hybridized carbons (Fsp3) is 0.235. The summed E-state index contributed by atoms with van der Waals surface area (Å²) in [6.07, 6.45) is -4.31. The molecular formula is C34H31F3N2O5. The zero-order valence-corrected chi connectivity index (χ0v) is 23.9. The van der Waals surface area contributed by atoms with Crippen LogP contribution in [0.5, 0.6) is 11.5 Å². The molecule has 4 aromatic rings. The molecule has 2 unspecified atom stereocenters. The molecular weight excluding hydrogens is 573 g/mol. The lowest BCUT2D eigenvalue weighted by Crippen LogP contribution is -2.49. The Bertz CT molecular complexity index is 1610. The first-order chi connectivity index (χ1) is 21.1. The average Bonchev–Trinajstić information content (AvgIpc) is 2.97. The number of carbonyl (C=O) groups excluding carboxylic acids is 1. The highest BCUT2D eigenvalue weighted by Crippen LogP contribution is 2.32. The van der Waals surface area contributed by atoms with Crippen molar-refractivity contribution in [2.45, 2.75) is 44.7 Å². The summed E-state index contributed by atoms with van der Waals surface area (Å²) in [5, 5.41) is 12.6. The molecule has 44 heavy (non-hydrogen) atoms. The number of amides is 2. The third-order valence-electron chi connectivity index (χ3n) is 7.52. The molecule has 1 fully saturated rings. The molecule has 1 aliphatic rings. The van der Waals surface area contributed by atoms with Crippen molar-refractivity contribution in [3.05, 3.63) is 114 Å². The van der Waals surface area contributed by atoms with Gasteiger partial charge in [-0.3, -0.25) is 4.79 Å². The van der Waals surface area contributed by atoms with Gasteiger partial charge >= 0.3 is 12.5 Å². The molecule has 0 aliphatic carbocycles. The van der Waals surface area contributed by atoms with Crippen LogP contribution in [0.4, 0.5) is 23.7 Å². The van der Waals surface area contributed by atoms with E-state index in [0.717, 1.165) is 11.1 Å². The number of nitrogens with one attached hydrogen (secondary N) is 1. The van der Waals surface area contributed by atoms with Crippen molar-refractivity contribution in [1.82, 2.24) is 4.90 Å². The van der Waals surface area contributed by atoms with Gasteiger partial charge in [-0.05, 0) is 65.9 Å². The van der Waals surface area contributed by atoms with Gasteiger partial charge in [0.2, 0.25) is 0 Å². The molecule has 0 bridgehead atoms. The lowest BCUT2D eigenvalue weighted by Gasteiger charge is -2.38. The van der Waals surface area contributed by atoms with E-state index in [4.69, 9.17) is 4.74 Å². The summed E-state index contributed by atoms with van der Waals surface area (Å²) in [5.41, 5.74) is 3.83. The number of halogens is 3. The molecule has 2 atom stereocenters. The highest BCUT2D eigenvalue weighted by atomic mass is 19.4. The second-order valence-electron chi connectivity index (χ2n) is 10.6. The summed E-state index contributed by atoms with van der Waals surface area (Å²) in [5.74, 6) is -0.202. The molecule has 2 N–H and O–H groups in total. The van der Waals surface area contributed by atoms with Gasteiger partial charge in [0.05, 0.1) is 0 Å². The Labute approximate surface area is 252 Å². The second-order valence-corrected chi connectivity index (χ2v) is 10.6. The van der Waals surface area contributed by atoms with Crippen LogP contribution in [0.3, 0.4) is 0 Å². The van der Waals surface area contributed by atoms with E-state index < -0.39 is 18.4 Å². The lowest BCUT2D eigenvalue weighted by atomic mass is 9.94. The van der Waals surface area contributed by atoms with Crippen molar-refractivity contribution < 1.29 is 37.3 Å². The summed E-state index contributed by atoms with van der Waals surface area (Å²) in [4.78, 5) is 26.8. The van der Waals surface area contributed by atoms with E-state index in [1.807, 2.05) is 43.3 Å². The summed E-state index contributed by atoms with van der Waals surface area (Å²) in [6, 6.07) is 27.1. The van der Waals surface area contributed by atoms with Gasteiger partial charge in [-0.2, -0.15) is 0 Å². The quantitative estimate of drug-likeness (QED) is 0.213. The number of alkyl halides is 3. The molecule has 1 heterocycles. The third kappa shape index (κ3) is 7.69. The van der Waals surface area contributed by atoms with Crippen LogP contribution >= 0.6 is 0 Å². The van der Waals surface area contributed by atoms with Crippen molar-refractivity contribution in [1.29, 1.82) is 0 Å². The van der Waals surface area contributed by atoms with E-state index in [0.29, 0.717) is 53.9 Å². The van der Waals surface area contributed by atoms with Gasteiger partial charge in [-0.25, -0.2) is 4.79 Å². The monoisotopic (exact) mass is 604 g/mol. The van der Waals surface area contributed by atoms with E-state index in [2.05, 4.69) is 10.1 Å². The van der Waals surface area contributed by atoms with Gasteiger partial charge in [-0.1, -0.05) is 60.7 Å². The molecule has 2 amide bonds. The molecule has 1 aliphatic heterocycles. The van der Waals surface area contributed by atoms with Crippen LogP contribution in [-0.4, -0.2) is 47.1 Å². The molecule has 10 heteroatoms. The summed E-state index contributed by atoms with van der Waals surface area (Å²) in [7, 11) is 0. The Balaban J connectivity index is 1.29. The summed E-state index contributed by atoms with van der Waals surface area (Å²) < 4.78 is 48.0. The second kappa shape index (κ2) is 13.1. The topological polar surface area (TPSA) is 88.1 Å². The minimum atomic E-state index is -4.80. The molecule has 228 valence electrons. The number of hydrogen-bond donors (Lipinski definition) is 2. The predicted molar refractivity (Wildman–Crippen MR) is 160 cm³/mol. The van der Waals surface area contributed by atoms with Gasteiger partial charge in [0, 0.05) is 42.7 Å². The highest BCUT2D eigenvalue weighted by molar-refractivity contribution is 6.09. The van der Waals surface area contributed by atoms with Gasteiger partial charge in [0.1, 0.15) is 17.6 Å². The van der Waals surface area contributed by atoms with E-state index in [1.54, 1.807) is 36.4 Å². The van der Waals surface area contributed by atoms with Gasteiger partial charge in [0.15, 0.2) is 0 Å². The normalized spacial score (nSPS) is 16.7. The number of likely N-dealkylation sites (tertiary alicyclic amines) is 1. The minimum absolute atomic E-state index is 0.210. The largest absolute Gasteiger partial charge is 0.573 e. The maximum Gasteiger partial charge on any atom is 0.573 e. The Morgan fingerprint density at radius 2 is 1.66 bits per heavy atom. The number of carbonyl (C=O) groups is 2. The maximum atomic E-state index is 13.4. The lowest BCUT2D eigenvalue weighted by molar-refractivity contribution is -0.274. The number of rotatable bonds is 8. The van der Waals surface area contributed by atoms with E-state index >= 15 is 0 Å². The molecule has 0 aromatic heterocycles. The highest BCUT2D eigenvalue weighted by Gasteiger charge is 2.33. The first-order valence-corrected chi connectivity index (χ1v) is 14.1. The van der Waals surface area contributed by atoms with Crippen molar-refractivity contribution in [3.8, 4) is 22.6 Å². The van der Waals surface area contributed by atoms with Gasteiger partial charge in [-0.15, -0.1) is 13.2 Å². The third-order valence-corrected chi connectivity index (χ3v) is 7.52. The van der Waals surface area contributed by atoms with Gasteiger partial charge in [0.25, 0.3) is 5.91 Å². The average molecular weight is 605 g/mol. The fourth-order valence-electron chi connectivity index (χ4n) is 5.55. The molecule has 0 spiro atoms. The Hall–Kier alpha value is -4.99. The van der Waals surface area contributed by atoms with Crippen molar-refractivity contribution in [2.75, 3.05) is 11.9 Å². The number of nitrogens with zero attached hydrogens (tertiary/aromatic N) is 1. The molecule has 0 saturated carbocycles. The number of anilines is 1. The fourth-order valence-corrected chi connectivity index (χ4v) is 5.55. The van der Waals surface area contributed by atoms with Crippen molar-refractivity contribution >= 4 is 17.7 Å². The minimum Gasteiger partial charge on any atom is -0.490 e. The van der Waals surface area contributed by atoms with Crippen LogP contribution in [0.25, 0.3) is 11.1 Å². The van der Waals surface area contributed by atoms with Crippen molar-refractivity contribution in [2.24, 2.45) is 0 Å². The predicted octanol–water partition coefficient (Wildman–Crippen LogP) is 7.95. The Morgan fingerprint density at radius 3 is 2.36 bits per heavy atom. The van der Waals surface area contributed by atoms with Crippen LogP contribution in [0.15, 0.2) is 97.1 Å². The number of aryl methyl sites for hydroxylation is 1. The van der Waals surface area contributed by atoms with Crippen LogP contribution in [0.1, 0.15) is 34.3 Å². The van der Waals surface area contributed by atoms with Crippen LogP contribution in [0, 0.1) is 6.92 Å². The molecule has 4 aromatic carbocycles. The van der Waals surface area contributed by atoms with E-state index in [1.165, 1.54) is 29.2 Å². The smallest absolute Gasteiger partial charge is 0.490 e. The zero-order chi connectivity index (χ0) is 31.3. The number of carboxylic acid groups (broad SMARTS) is 1. The van der Waals surface area contributed by atoms with E-state index in [9.17, 15) is 27.9 Å². The SMILES string of the molecule is Cc1cccc(C(=O)Nc2cccc(OC3CCN(C(=O)O)C(Cc4ccccc4)C3)c2)c1-c1ccc(OC(F)(F)F)cc1. The number of hydrogen-bond acceptors (Lipinski definition) is 4. The molecule has 0 radical (unpaired) electrons. The van der Waals surface area contributed by atoms with Crippen LogP contribution in [0.2, 0.25) is 0 Å². The van der Waals surface area contributed by atoms with Crippen LogP contribution < -0.4 is 14.8 Å². The first-order valence-electron chi connectivity index (χ1n) is 14.1. The number of ether oxygens (including phenoxy) is 2. The molecule has 5 rings (SSSR count). The van der Waals surface area contributed by atoms with Gasteiger partial charge < -0.3 is 24.8 Å². The van der Waals surface area contributed by atoms with Crippen molar-refractivity contribution in [3.63, 3.8) is 0 Å².